The molecule has 3 N–H and O–H groups in total. The first kappa shape index (κ1) is 15.8. The summed E-state index contributed by atoms with van der Waals surface area (Å²) in [6.45, 7) is 2.42. The van der Waals surface area contributed by atoms with Crippen molar-refractivity contribution >= 4 is 23.3 Å². The standard InChI is InChI=1S/C14H21N3O3S/c1-10(11-15-7-8-21-11)9-16-13(20)17-14(12(18)19)5-3-2-4-6-14/h7-8,10H,2-6,9H2,1H3,(H,18,19)(H2,16,17,20). The van der Waals surface area contributed by atoms with Gasteiger partial charge in [0, 0.05) is 24.0 Å². The highest BCUT2D eigenvalue weighted by molar-refractivity contribution is 7.09. The van der Waals surface area contributed by atoms with Gasteiger partial charge in [-0.25, -0.2) is 14.6 Å². The van der Waals surface area contributed by atoms with Crippen LogP contribution >= 0.6 is 11.3 Å². The number of carbonyl (C=O) groups is 2. The van der Waals surface area contributed by atoms with E-state index >= 15 is 0 Å². The molecule has 1 aromatic heterocycles. The zero-order valence-corrected chi connectivity index (χ0v) is 12.9. The summed E-state index contributed by atoms with van der Waals surface area (Å²) in [4.78, 5) is 27.7. The smallest absolute Gasteiger partial charge is 0.329 e. The van der Waals surface area contributed by atoms with Crippen LogP contribution in [0.5, 0.6) is 0 Å². The van der Waals surface area contributed by atoms with E-state index in [1.807, 2.05) is 12.3 Å². The highest BCUT2D eigenvalue weighted by atomic mass is 32.1. The molecular formula is C14H21N3O3S. The van der Waals surface area contributed by atoms with E-state index in [1.165, 1.54) is 0 Å². The number of amides is 2. The summed E-state index contributed by atoms with van der Waals surface area (Å²) in [5, 5.41) is 17.7. The van der Waals surface area contributed by atoms with Gasteiger partial charge in [0.25, 0.3) is 0 Å². The SMILES string of the molecule is CC(CNC(=O)NC1(C(=O)O)CCCCC1)c1nccs1. The van der Waals surface area contributed by atoms with Crippen molar-refractivity contribution in [2.24, 2.45) is 0 Å². The van der Waals surface area contributed by atoms with Crippen LogP contribution in [0, 0.1) is 0 Å². The zero-order valence-electron chi connectivity index (χ0n) is 12.1. The maximum absolute atomic E-state index is 12.0. The lowest BCUT2D eigenvalue weighted by atomic mass is 9.82. The lowest BCUT2D eigenvalue weighted by molar-refractivity contribution is -0.145. The largest absolute Gasteiger partial charge is 0.480 e. The van der Waals surface area contributed by atoms with Gasteiger partial charge < -0.3 is 15.7 Å². The number of carboxylic acids is 1. The fraction of sp³-hybridized carbons (Fsp3) is 0.643. The molecule has 116 valence electrons. The van der Waals surface area contributed by atoms with Crippen molar-refractivity contribution in [3.63, 3.8) is 0 Å². The van der Waals surface area contributed by atoms with Gasteiger partial charge in [-0.3, -0.25) is 0 Å². The van der Waals surface area contributed by atoms with Crippen molar-refractivity contribution in [1.82, 2.24) is 15.6 Å². The van der Waals surface area contributed by atoms with Crippen molar-refractivity contribution in [2.75, 3.05) is 6.54 Å². The van der Waals surface area contributed by atoms with Crippen molar-refractivity contribution in [3.05, 3.63) is 16.6 Å². The number of nitrogens with zero attached hydrogens (tertiary/aromatic N) is 1. The molecule has 1 saturated carbocycles. The summed E-state index contributed by atoms with van der Waals surface area (Å²) in [5.74, 6) is -0.826. The van der Waals surface area contributed by atoms with E-state index < -0.39 is 17.5 Å². The Kier molecular flexibility index (Phi) is 5.17. The minimum absolute atomic E-state index is 0.114. The number of urea groups is 1. The van der Waals surface area contributed by atoms with Crippen LogP contribution in [0.4, 0.5) is 4.79 Å². The van der Waals surface area contributed by atoms with Crippen molar-refractivity contribution in [3.8, 4) is 0 Å². The van der Waals surface area contributed by atoms with Gasteiger partial charge in [0.2, 0.25) is 0 Å². The molecule has 2 rings (SSSR count). The number of carbonyl (C=O) groups excluding carboxylic acids is 1. The summed E-state index contributed by atoms with van der Waals surface area (Å²) in [6, 6.07) is -0.414. The van der Waals surface area contributed by atoms with Crippen LogP contribution in [0.25, 0.3) is 0 Å². The van der Waals surface area contributed by atoms with Crippen LogP contribution in [0.2, 0.25) is 0 Å². The normalized spacial score (nSPS) is 18.7. The third-order valence-corrected chi connectivity index (χ3v) is 4.92. The maximum Gasteiger partial charge on any atom is 0.329 e. The van der Waals surface area contributed by atoms with Crippen LogP contribution in [0.3, 0.4) is 0 Å². The van der Waals surface area contributed by atoms with Crippen molar-refractivity contribution in [1.29, 1.82) is 0 Å². The van der Waals surface area contributed by atoms with Crippen molar-refractivity contribution < 1.29 is 14.7 Å². The third kappa shape index (κ3) is 3.93. The van der Waals surface area contributed by atoms with E-state index in [9.17, 15) is 14.7 Å². The van der Waals surface area contributed by atoms with Gasteiger partial charge in [-0.2, -0.15) is 0 Å². The van der Waals surface area contributed by atoms with E-state index in [2.05, 4.69) is 15.6 Å². The first-order valence-electron chi connectivity index (χ1n) is 7.22. The van der Waals surface area contributed by atoms with E-state index in [4.69, 9.17) is 0 Å². The van der Waals surface area contributed by atoms with Crippen molar-refractivity contribution in [2.45, 2.75) is 50.5 Å². The van der Waals surface area contributed by atoms with Crippen LogP contribution in [0.15, 0.2) is 11.6 Å². The van der Waals surface area contributed by atoms with Crippen LogP contribution in [-0.2, 0) is 4.79 Å². The molecule has 1 aromatic rings. The molecule has 21 heavy (non-hydrogen) atoms. The molecule has 1 unspecified atom stereocenters. The quantitative estimate of drug-likeness (QED) is 0.778. The Bertz CT molecular complexity index is 484. The molecule has 6 nitrogen and oxygen atoms in total. The maximum atomic E-state index is 12.0. The first-order chi connectivity index (χ1) is 10.0. The fourth-order valence-corrected chi connectivity index (χ4v) is 3.32. The lowest BCUT2D eigenvalue weighted by Gasteiger charge is -2.34. The van der Waals surface area contributed by atoms with E-state index in [-0.39, 0.29) is 5.92 Å². The summed E-state index contributed by atoms with van der Waals surface area (Å²) >= 11 is 1.55. The van der Waals surface area contributed by atoms with E-state index in [0.717, 1.165) is 24.3 Å². The second-order valence-electron chi connectivity index (χ2n) is 5.55. The molecule has 1 fully saturated rings. The molecule has 0 aliphatic heterocycles. The van der Waals surface area contributed by atoms with Gasteiger partial charge in [-0.05, 0) is 12.8 Å². The second kappa shape index (κ2) is 6.89. The molecule has 1 heterocycles. The number of hydrogen-bond acceptors (Lipinski definition) is 4. The monoisotopic (exact) mass is 311 g/mol. The fourth-order valence-electron chi connectivity index (χ4n) is 2.62. The first-order valence-corrected chi connectivity index (χ1v) is 8.10. The van der Waals surface area contributed by atoms with Crippen LogP contribution in [-0.4, -0.2) is 34.2 Å². The number of rotatable bonds is 5. The number of carboxylic acid groups (broad SMARTS) is 1. The Balaban J connectivity index is 1.86. The summed E-state index contributed by atoms with van der Waals surface area (Å²) < 4.78 is 0. The second-order valence-corrected chi connectivity index (χ2v) is 6.48. The molecule has 0 saturated heterocycles. The molecule has 2 amide bonds. The Labute approximate surface area is 128 Å². The highest BCUT2D eigenvalue weighted by Crippen LogP contribution is 2.28. The molecule has 1 aliphatic rings. The van der Waals surface area contributed by atoms with Gasteiger partial charge in [0.1, 0.15) is 5.54 Å². The summed E-state index contributed by atoms with van der Waals surface area (Å²) in [7, 11) is 0. The molecule has 0 bridgehead atoms. The molecule has 0 spiro atoms. The van der Waals surface area contributed by atoms with Gasteiger partial charge in [0.05, 0.1) is 5.01 Å². The number of hydrogen-bond donors (Lipinski definition) is 3. The Morgan fingerprint density at radius 2 is 2.14 bits per heavy atom. The Morgan fingerprint density at radius 1 is 1.43 bits per heavy atom. The molecule has 1 aliphatic carbocycles. The Hall–Kier alpha value is -1.63. The minimum atomic E-state index is -1.10. The molecule has 0 radical (unpaired) electrons. The molecule has 1 atom stereocenters. The average molecular weight is 311 g/mol. The lowest BCUT2D eigenvalue weighted by Crippen LogP contribution is -2.58. The number of aromatic nitrogens is 1. The predicted octanol–water partition coefficient (Wildman–Crippen LogP) is 2.33. The van der Waals surface area contributed by atoms with E-state index in [0.29, 0.717) is 19.4 Å². The van der Waals surface area contributed by atoms with E-state index in [1.54, 1.807) is 17.5 Å². The zero-order chi connectivity index (χ0) is 15.3. The van der Waals surface area contributed by atoms with Gasteiger partial charge in [-0.15, -0.1) is 11.3 Å². The topological polar surface area (TPSA) is 91.3 Å². The minimum Gasteiger partial charge on any atom is -0.480 e. The third-order valence-electron chi connectivity index (χ3n) is 3.91. The van der Waals surface area contributed by atoms with Gasteiger partial charge >= 0.3 is 12.0 Å². The highest BCUT2D eigenvalue weighted by Gasteiger charge is 2.40. The predicted molar refractivity (Wildman–Crippen MR) is 80.5 cm³/mol. The van der Waals surface area contributed by atoms with Crippen LogP contribution in [0.1, 0.15) is 50.0 Å². The average Bonchev–Trinajstić information content (AvgIpc) is 3.00. The van der Waals surface area contributed by atoms with Gasteiger partial charge in [0.15, 0.2) is 0 Å². The Morgan fingerprint density at radius 3 is 2.71 bits per heavy atom. The summed E-state index contributed by atoms with van der Waals surface area (Å²) in [5.41, 5.74) is -1.10. The molecular weight excluding hydrogens is 290 g/mol. The molecule has 0 aromatic carbocycles. The van der Waals surface area contributed by atoms with Crippen LogP contribution < -0.4 is 10.6 Å². The summed E-state index contributed by atoms with van der Waals surface area (Å²) in [6.07, 6.45) is 5.43. The van der Waals surface area contributed by atoms with Gasteiger partial charge in [-0.1, -0.05) is 26.2 Å². The number of aliphatic carboxylic acids is 1. The number of thiazole rings is 1. The number of nitrogens with one attached hydrogen (secondary N) is 2. The molecule has 7 heteroatoms.